The van der Waals surface area contributed by atoms with Gasteiger partial charge in [-0.2, -0.15) is 0 Å². The van der Waals surface area contributed by atoms with Crippen LogP contribution in [0.4, 0.5) is 0 Å². The van der Waals surface area contributed by atoms with Gasteiger partial charge in [0.25, 0.3) is 5.91 Å². The van der Waals surface area contributed by atoms with Crippen LogP contribution in [0.2, 0.25) is 0 Å². The van der Waals surface area contributed by atoms with Crippen LogP contribution in [0.25, 0.3) is 0 Å². The molecule has 1 saturated heterocycles. The highest BCUT2D eigenvalue weighted by Crippen LogP contribution is 2.40. The molecule has 1 saturated carbocycles. The van der Waals surface area contributed by atoms with Crippen molar-refractivity contribution < 1.29 is 14.1 Å². The van der Waals surface area contributed by atoms with Gasteiger partial charge in [0.15, 0.2) is 0 Å². The van der Waals surface area contributed by atoms with Crippen LogP contribution in [-0.2, 0) is 26.0 Å². The van der Waals surface area contributed by atoms with Crippen molar-refractivity contribution in [2.45, 2.75) is 109 Å². The van der Waals surface area contributed by atoms with Gasteiger partial charge in [-0.25, -0.2) is 0 Å². The van der Waals surface area contributed by atoms with Gasteiger partial charge in [0.1, 0.15) is 11.4 Å². The number of aliphatic imine (C=N–C) groups is 1. The predicted octanol–water partition coefficient (Wildman–Crippen LogP) is 5.76. The lowest BCUT2D eigenvalue weighted by Gasteiger charge is -2.47. The van der Waals surface area contributed by atoms with Gasteiger partial charge in [0.05, 0.1) is 12.1 Å². The third-order valence-electron chi connectivity index (χ3n) is 8.31. The minimum Gasteiger partial charge on any atom is -0.407 e. The smallest absolute Gasteiger partial charge is 0.407 e. The molecule has 2 aliphatic heterocycles. The molecule has 186 valence electrons. The first-order valence-corrected chi connectivity index (χ1v) is 14.1. The maximum Gasteiger partial charge on any atom is 0.494 e. The summed E-state index contributed by atoms with van der Waals surface area (Å²) in [6.07, 6.45) is 8.24. The summed E-state index contributed by atoms with van der Waals surface area (Å²) < 4.78 is 12.6. The maximum atomic E-state index is 13.6. The number of hydrogen-bond donors (Lipinski definition) is 0. The zero-order valence-corrected chi connectivity index (χ0v) is 23.2. The molecule has 1 spiro atoms. The van der Waals surface area contributed by atoms with Gasteiger partial charge in [-0.05, 0) is 49.7 Å². The van der Waals surface area contributed by atoms with E-state index in [1.165, 1.54) is 6.42 Å². The lowest BCUT2D eigenvalue weighted by molar-refractivity contribution is -0.132. The highest BCUT2D eigenvalue weighted by atomic mass is 79.9. The average Bonchev–Trinajstić information content (AvgIpc) is 3.05. The molecule has 0 aromatic heterocycles. The number of nitrogens with zero attached hydrogens (tertiary/aromatic N) is 2. The van der Waals surface area contributed by atoms with Crippen LogP contribution in [0.3, 0.4) is 0 Å². The Morgan fingerprint density at radius 2 is 1.88 bits per heavy atom. The van der Waals surface area contributed by atoms with Crippen molar-refractivity contribution >= 4 is 40.3 Å². The van der Waals surface area contributed by atoms with Gasteiger partial charge in [-0.15, -0.1) is 0 Å². The summed E-state index contributed by atoms with van der Waals surface area (Å²) >= 11 is 3.67. The summed E-state index contributed by atoms with van der Waals surface area (Å²) in [4.78, 5) is 20.7. The van der Waals surface area contributed by atoms with Crippen molar-refractivity contribution in [1.82, 2.24) is 4.90 Å². The summed E-state index contributed by atoms with van der Waals surface area (Å²) in [5.41, 5.74) is 2.47. The van der Waals surface area contributed by atoms with Crippen molar-refractivity contribution in [2.24, 2.45) is 10.4 Å². The molecule has 2 fully saturated rings. The minimum atomic E-state index is -0.498. The molecule has 0 radical (unpaired) electrons. The van der Waals surface area contributed by atoms with Crippen LogP contribution in [0.1, 0.15) is 97.1 Å². The Bertz CT molecular complexity index is 940. The number of benzene rings is 1. The molecule has 3 aliphatic rings. The summed E-state index contributed by atoms with van der Waals surface area (Å²) in [6, 6.07) is 6.43. The lowest BCUT2D eigenvalue weighted by Crippen LogP contribution is -2.58. The first kappa shape index (κ1) is 25.9. The van der Waals surface area contributed by atoms with Crippen LogP contribution in [0, 0.1) is 5.41 Å². The second-order valence-electron chi connectivity index (χ2n) is 11.4. The fourth-order valence-electron chi connectivity index (χ4n) is 5.23. The van der Waals surface area contributed by atoms with Crippen molar-refractivity contribution in [3.8, 4) is 0 Å². The van der Waals surface area contributed by atoms with E-state index < -0.39 is 5.54 Å². The second kappa shape index (κ2) is 10.1. The van der Waals surface area contributed by atoms with Crippen molar-refractivity contribution in [3.05, 3.63) is 29.3 Å². The Hall–Kier alpha value is -1.18. The van der Waals surface area contributed by atoms with E-state index in [2.05, 4.69) is 68.7 Å². The molecule has 1 aliphatic carbocycles. The number of amidine groups is 1. The molecule has 4 rings (SSSR count). The van der Waals surface area contributed by atoms with Gasteiger partial charge in [-0.3, -0.25) is 14.7 Å². The highest BCUT2D eigenvalue weighted by Gasteiger charge is 2.49. The minimum absolute atomic E-state index is 0.0581. The van der Waals surface area contributed by atoms with Gasteiger partial charge in [-0.1, -0.05) is 80.6 Å². The number of unbranched alkanes of at least 4 members (excludes halogenated alkanes) is 1. The molecule has 0 bridgehead atoms. The molecule has 0 N–H and O–H groups in total. The van der Waals surface area contributed by atoms with E-state index in [9.17, 15) is 4.79 Å². The van der Waals surface area contributed by atoms with E-state index in [1.54, 1.807) is 0 Å². The highest BCUT2D eigenvalue weighted by molar-refractivity contribution is 9.08. The van der Waals surface area contributed by atoms with Crippen LogP contribution in [-0.4, -0.2) is 41.5 Å². The molecule has 1 aromatic carbocycles. The average molecular weight is 531 g/mol. The maximum absolute atomic E-state index is 13.6. The van der Waals surface area contributed by atoms with Crippen molar-refractivity contribution in [3.63, 3.8) is 0 Å². The molecular weight excluding hydrogens is 491 g/mol. The largest absolute Gasteiger partial charge is 0.494 e. The summed E-state index contributed by atoms with van der Waals surface area (Å²) in [7, 11) is -0.384. The summed E-state index contributed by atoms with van der Waals surface area (Å²) in [5, 5.41) is 0.706. The van der Waals surface area contributed by atoms with Crippen molar-refractivity contribution in [2.75, 3.05) is 6.61 Å². The van der Waals surface area contributed by atoms with E-state index in [-0.39, 0.29) is 24.0 Å². The summed E-state index contributed by atoms with van der Waals surface area (Å²) in [5.74, 6) is 1.20. The van der Waals surface area contributed by atoms with Crippen LogP contribution in [0.15, 0.2) is 23.2 Å². The van der Waals surface area contributed by atoms with Crippen LogP contribution in [0.5, 0.6) is 0 Å². The Morgan fingerprint density at radius 1 is 1.15 bits per heavy atom. The van der Waals surface area contributed by atoms with Crippen LogP contribution >= 0.6 is 15.9 Å². The Balaban J connectivity index is 1.56. The molecule has 1 amide bonds. The molecule has 7 heteroatoms. The number of carbonyl (C=O) groups is 1. The molecular formula is C27H40BBrN2O3. The van der Waals surface area contributed by atoms with Crippen molar-refractivity contribution in [1.29, 1.82) is 0 Å². The van der Waals surface area contributed by atoms with E-state index >= 15 is 0 Å². The van der Waals surface area contributed by atoms with E-state index in [1.807, 2.05) is 4.90 Å². The molecule has 34 heavy (non-hydrogen) atoms. The number of carbonyl (C=O) groups excluding carboxylic acids is 1. The second-order valence-corrected chi connectivity index (χ2v) is 12.0. The molecule has 1 aromatic rings. The van der Waals surface area contributed by atoms with E-state index in [4.69, 9.17) is 14.3 Å². The van der Waals surface area contributed by atoms with Gasteiger partial charge >= 0.3 is 7.12 Å². The Kier molecular flexibility index (Phi) is 7.66. The van der Waals surface area contributed by atoms with E-state index in [0.717, 1.165) is 67.4 Å². The standard InChI is InChI=1S/C27H40BBrN2O3/c1-6-7-11-23-30-27(14-9-8-10-15-27)24(32)31(23)18-20-12-13-22(21(16-20)17-29)28-33-19-25(2,3)26(4,5)34-28/h12-13,16H,6-11,14-15,17-19H2,1-5H3. The van der Waals surface area contributed by atoms with E-state index in [0.29, 0.717) is 18.5 Å². The van der Waals surface area contributed by atoms with Gasteiger partial charge in [0, 0.05) is 23.8 Å². The Morgan fingerprint density at radius 3 is 2.53 bits per heavy atom. The monoisotopic (exact) mass is 530 g/mol. The SMILES string of the molecule is CCCCC1=NC2(CCCCC2)C(=O)N1Cc1ccc(B2OCC(C)(C)C(C)(C)O2)c(CBr)c1. The third kappa shape index (κ3) is 4.90. The zero-order valence-electron chi connectivity index (χ0n) is 21.6. The molecule has 2 heterocycles. The van der Waals surface area contributed by atoms with Crippen LogP contribution < -0.4 is 5.46 Å². The number of hydrogen-bond acceptors (Lipinski definition) is 4. The van der Waals surface area contributed by atoms with Gasteiger partial charge in [0.2, 0.25) is 0 Å². The molecule has 0 unspecified atom stereocenters. The topological polar surface area (TPSA) is 51.1 Å². The third-order valence-corrected chi connectivity index (χ3v) is 8.91. The Labute approximate surface area is 214 Å². The molecule has 5 nitrogen and oxygen atoms in total. The number of rotatable bonds is 7. The normalized spacial score (nSPS) is 23.5. The predicted molar refractivity (Wildman–Crippen MR) is 143 cm³/mol. The number of amides is 1. The zero-order chi connectivity index (χ0) is 24.6. The van der Waals surface area contributed by atoms with Gasteiger partial charge < -0.3 is 9.31 Å². The summed E-state index contributed by atoms with van der Waals surface area (Å²) in [6.45, 7) is 12.1. The quantitative estimate of drug-likeness (QED) is 0.332. The fourth-order valence-corrected chi connectivity index (χ4v) is 5.72. The number of halogens is 1. The first-order valence-electron chi connectivity index (χ1n) is 13.0. The first-order chi connectivity index (χ1) is 16.1. The lowest BCUT2D eigenvalue weighted by atomic mass is 9.68. The number of alkyl halides is 1. The molecule has 0 atom stereocenters. The fraction of sp³-hybridized carbons (Fsp3) is 0.704.